The van der Waals surface area contributed by atoms with Crippen LogP contribution in [0.5, 0.6) is 0 Å². The van der Waals surface area contributed by atoms with Crippen LogP contribution in [0.3, 0.4) is 0 Å². The molecule has 0 saturated carbocycles. The predicted molar refractivity (Wildman–Crippen MR) is 190 cm³/mol. The maximum atomic E-state index is 5.42. The van der Waals surface area contributed by atoms with Crippen molar-refractivity contribution in [1.29, 1.82) is 0 Å². The van der Waals surface area contributed by atoms with Gasteiger partial charge in [0.2, 0.25) is 0 Å². The average Bonchev–Trinajstić information content (AvgIpc) is 3.00. The number of aryl methyl sites for hydroxylation is 4. The van der Waals surface area contributed by atoms with E-state index in [1.54, 1.807) is 0 Å². The SMILES string of the molecule is CCCCCCCCC(=Nc1ccc(CCCC)c(CCCC)c1)C(CCCC)=Nc1ccc(CCC)c(CCC)c1.[Ni]. The molecule has 0 aromatic heterocycles. The Morgan fingerprint density at radius 1 is 0.419 bits per heavy atom. The molecule has 2 aromatic carbocycles. The van der Waals surface area contributed by atoms with E-state index >= 15 is 0 Å². The monoisotopic (exact) mass is 630 g/mol. The molecule has 0 bridgehead atoms. The molecule has 0 spiro atoms. The van der Waals surface area contributed by atoms with Crippen molar-refractivity contribution in [2.45, 2.75) is 170 Å². The molecule has 43 heavy (non-hydrogen) atoms. The molecule has 0 atom stereocenters. The van der Waals surface area contributed by atoms with E-state index in [0.29, 0.717) is 0 Å². The van der Waals surface area contributed by atoms with Gasteiger partial charge in [-0.2, -0.15) is 0 Å². The van der Waals surface area contributed by atoms with E-state index in [-0.39, 0.29) is 16.5 Å². The molecule has 0 heterocycles. The van der Waals surface area contributed by atoms with E-state index < -0.39 is 0 Å². The fraction of sp³-hybridized carbons (Fsp3) is 0.650. The van der Waals surface area contributed by atoms with Crippen LogP contribution >= 0.6 is 0 Å². The van der Waals surface area contributed by atoms with Crippen LogP contribution in [-0.4, -0.2) is 11.4 Å². The molecule has 244 valence electrons. The summed E-state index contributed by atoms with van der Waals surface area (Å²) < 4.78 is 0. The van der Waals surface area contributed by atoms with Gasteiger partial charge in [0, 0.05) is 16.5 Å². The number of hydrogen-bond donors (Lipinski definition) is 0. The van der Waals surface area contributed by atoms with E-state index in [9.17, 15) is 0 Å². The summed E-state index contributed by atoms with van der Waals surface area (Å²) in [5, 5.41) is 0. The van der Waals surface area contributed by atoms with Gasteiger partial charge >= 0.3 is 0 Å². The summed E-state index contributed by atoms with van der Waals surface area (Å²) in [7, 11) is 0. The standard InChI is InChI=1S/C40H64N2.Ni/c1-7-13-17-18-19-20-26-40(42-38-30-28-34(23-14-8-2)36(32-38)24-15-9-3)39(25-16-10-4)41-37-29-27-33(21-11-5)35(31-37)22-12-6;/h27-32H,7-26H2,1-6H3;. The molecule has 0 unspecified atom stereocenters. The second-order valence-corrected chi connectivity index (χ2v) is 12.4. The molecule has 0 N–H and O–H groups in total. The molecule has 2 nitrogen and oxygen atoms in total. The first-order valence-electron chi connectivity index (χ1n) is 18.0. The Bertz CT molecular complexity index is 1070. The van der Waals surface area contributed by atoms with Crippen LogP contribution in [-0.2, 0) is 42.2 Å². The van der Waals surface area contributed by atoms with Gasteiger partial charge in [0.15, 0.2) is 0 Å². The van der Waals surface area contributed by atoms with E-state index in [2.05, 4.69) is 77.9 Å². The number of aliphatic imine (C=N–C) groups is 2. The predicted octanol–water partition coefficient (Wildman–Crippen LogP) is 13.1. The van der Waals surface area contributed by atoms with Gasteiger partial charge in [0.1, 0.15) is 0 Å². The molecule has 0 aliphatic rings. The van der Waals surface area contributed by atoms with Crippen LogP contribution < -0.4 is 0 Å². The maximum absolute atomic E-state index is 5.42. The number of nitrogens with zero attached hydrogens (tertiary/aromatic N) is 2. The van der Waals surface area contributed by atoms with Crippen molar-refractivity contribution in [2.24, 2.45) is 9.98 Å². The molecule has 0 aliphatic carbocycles. The minimum absolute atomic E-state index is 0. The van der Waals surface area contributed by atoms with Crippen molar-refractivity contribution in [1.82, 2.24) is 0 Å². The Hall–Kier alpha value is -1.73. The molecule has 2 aromatic rings. The quantitative estimate of drug-likeness (QED) is 0.0662. The van der Waals surface area contributed by atoms with E-state index in [1.165, 1.54) is 124 Å². The van der Waals surface area contributed by atoms with E-state index in [0.717, 1.165) is 49.9 Å². The van der Waals surface area contributed by atoms with Gasteiger partial charge in [-0.3, -0.25) is 9.98 Å². The number of hydrogen-bond acceptors (Lipinski definition) is 2. The number of rotatable bonds is 23. The smallest absolute Gasteiger partial charge is 0.0636 e. The molecule has 0 amide bonds. The third-order valence-corrected chi connectivity index (χ3v) is 8.41. The summed E-state index contributed by atoms with van der Waals surface area (Å²) in [5.41, 5.74) is 10.7. The largest absolute Gasteiger partial charge is 0.252 e. The third kappa shape index (κ3) is 15.2. The van der Waals surface area contributed by atoms with Gasteiger partial charge < -0.3 is 0 Å². The number of unbranched alkanes of at least 4 members (excludes halogenated alkanes) is 8. The summed E-state index contributed by atoms with van der Waals surface area (Å²) >= 11 is 0. The van der Waals surface area contributed by atoms with Crippen LogP contribution in [0.15, 0.2) is 46.4 Å². The summed E-state index contributed by atoms with van der Waals surface area (Å²) in [6.45, 7) is 13.7. The van der Waals surface area contributed by atoms with Crippen LogP contribution in [0.2, 0.25) is 0 Å². The minimum atomic E-state index is 0. The number of benzene rings is 2. The summed E-state index contributed by atoms with van der Waals surface area (Å²) in [5.74, 6) is 0. The van der Waals surface area contributed by atoms with Crippen molar-refractivity contribution < 1.29 is 16.5 Å². The van der Waals surface area contributed by atoms with Crippen molar-refractivity contribution in [3.05, 3.63) is 58.7 Å². The van der Waals surface area contributed by atoms with Crippen LogP contribution in [0.4, 0.5) is 11.4 Å². The van der Waals surface area contributed by atoms with E-state index in [1.807, 2.05) is 0 Å². The normalized spacial score (nSPS) is 12.0. The van der Waals surface area contributed by atoms with Gasteiger partial charge in [-0.15, -0.1) is 0 Å². The van der Waals surface area contributed by atoms with Gasteiger partial charge in [-0.05, 0) is 111 Å². The molecular formula is C40H64N2Ni. The minimum Gasteiger partial charge on any atom is -0.252 e. The summed E-state index contributed by atoms with van der Waals surface area (Å²) in [4.78, 5) is 10.8. The van der Waals surface area contributed by atoms with Gasteiger partial charge in [0.25, 0.3) is 0 Å². The Kier molecular flexibility index (Phi) is 22.5. The molecule has 0 radical (unpaired) electrons. The van der Waals surface area contributed by atoms with E-state index in [4.69, 9.17) is 9.98 Å². The van der Waals surface area contributed by atoms with Crippen molar-refractivity contribution >= 4 is 22.8 Å². The Morgan fingerprint density at radius 3 is 1.37 bits per heavy atom. The topological polar surface area (TPSA) is 24.7 Å². The fourth-order valence-corrected chi connectivity index (χ4v) is 5.85. The first-order chi connectivity index (χ1) is 20.6. The van der Waals surface area contributed by atoms with Crippen molar-refractivity contribution in [2.75, 3.05) is 0 Å². The Balaban J connectivity index is 0.00000924. The molecule has 2 rings (SSSR count). The van der Waals surface area contributed by atoms with Crippen molar-refractivity contribution in [3.8, 4) is 0 Å². The maximum Gasteiger partial charge on any atom is 0.0636 e. The molecule has 3 heteroatoms. The van der Waals surface area contributed by atoms with Crippen LogP contribution in [0, 0.1) is 0 Å². The zero-order valence-corrected chi connectivity index (χ0v) is 29.8. The molecular weight excluding hydrogens is 567 g/mol. The average molecular weight is 632 g/mol. The van der Waals surface area contributed by atoms with Crippen molar-refractivity contribution in [3.63, 3.8) is 0 Å². The Morgan fingerprint density at radius 2 is 0.837 bits per heavy atom. The molecule has 0 saturated heterocycles. The van der Waals surface area contributed by atoms with Gasteiger partial charge in [0.05, 0.1) is 22.8 Å². The second-order valence-electron chi connectivity index (χ2n) is 12.4. The zero-order valence-electron chi connectivity index (χ0n) is 28.8. The van der Waals surface area contributed by atoms with Gasteiger partial charge in [-0.1, -0.05) is 118 Å². The van der Waals surface area contributed by atoms with Crippen LogP contribution in [0.1, 0.15) is 167 Å². The molecule has 0 aliphatic heterocycles. The fourth-order valence-electron chi connectivity index (χ4n) is 5.85. The zero-order chi connectivity index (χ0) is 30.4. The Labute approximate surface area is 277 Å². The third-order valence-electron chi connectivity index (χ3n) is 8.41. The first-order valence-corrected chi connectivity index (χ1v) is 18.0. The van der Waals surface area contributed by atoms with Crippen LogP contribution in [0.25, 0.3) is 0 Å². The summed E-state index contributed by atoms with van der Waals surface area (Å²) in [6.07, 6.45) is 24.1. The molecule has 0 fully saturated rings. The summed E-state index contributed by atoms with van der Waals surface area (Å²) in [6, 6.07) is 14.0. The second kappa shape index (κ2) is 24.6. The first kappa shape index (κ1) is 39.3. The van der Waals surface area contributed by atoms with Gasteiger partial charge in [-0.25, -0.2) is 0 Å².